The van der Waals surface area contributed by atoms with Crippen LogP contribution in [-0.2, 0) is 8.85 Å². The summed E-state index contributed by atoms with van der Waals surface area (Å²) in [6.07, 6.45) is 4.57. The third-order valence-electron chi connectivity index (χ3n) is 5.74. The lowest BCUT2D eigenvalue weighted by molar-refractivity contribution is 0.272. The summed E-state index contributed by atoms with van der Waals surface area (Å²) in [7, 11) is -3.56. The van der Waals surface area contributed by atoms with Gasteiger partial charge in [0, 0.05) is 12.8 Å². The number of rotatable bonds is 4. The van der Waals surface area contributed by atoms with Gasteiger partial charge in [0.25, 0.3) is 0 Å². The molecule has 0 amide bonds. The lowest BCUT2D eigenvalue weighted by atomic mass is 10.1. The first-order valence-corrected chi connectivity index (χ1v) is 14.6. The molecule has 0 aliphatic heterocycles. The minimum Gasteiger partial charge on any atom is -0.544 e. The molecular weight excluding hydrogens is 304 g/mol. The molecule has 0 radical (unpaired) electrons. The van der Waals surface area contributed by atoms with E-state index in [2.05, 4.69) is 67.7 Å². The molecule has 1 aliphatic rings. The summed E-state index contributed by atoms with van der Waals surface area (Å²) in [4.78, 5) is 0. The molecule has 0 heterocycles. The highest BCUT2D eigenvalue weighted by molar-refractivity contribution is 6.75. The van der Waals surface area contributed by atoms with Crippen molar-refractivity contribution in [3.63, 3.8) is 0 Å². The second-order valence-electron chi connectivity index (χ2n) is 9.78. The van der Waals surface area contributed by atoms with Gasteiger partial charge in [0.05, 0.1) is 0 Å². The van der Waals surface area contributed by atoms with Gasteiger partial charge in [0.1, 0.15) is 11.5 Å². The van der Waals surface area contributed by atoms with Crippen molar-refractivity contribution < 1.29 is 8.85 Å². The van der Waals surface area contributed by atoms with Crippen molar-refractivity contribution in [2.24, 2.45) is 0 Å². The first-order valence-electron chi connectivity index (χ1n) is 8.77. The normalized spacial score (nSPS) is 18.5. The van der Waals surface area contributed by atoms with Crippen LogP contribution in [-0.4, -0.2) is 16.6 Å². The smallest absolute Gasteiger partial charge is 0.250 e. The molecule has 1 rings (SSSR count). The molecule has 0 saturated carbocycles. The van der Waals surface area contributed by atoms with E-state index in [9.17, 15) is 0 Å². The summed E-state index contributed by atoms with van der Waals surface area (Å²) in [5.41, 5.74) is 0. The lowest BCUT2D eigenvalue weighted by Crippen LogP contribution is -2.43. The second-order valence-corrected chi connectivity index (χ2v) is 19.2. The van der Waals surface area contributed by atoms with Crippen molar-refractivity contribution >= 4 is 16.6 Å². The van der Waals surface area contributed by atoms with E-state index in [0.29, 0.717) is 0 Å². The van der Waals surface area contributed by atoms with Gasteiger partial charge in [-0.1, -0.05) is 41.5 Å². The topological polar surface area (TPSA) is 18.5 Å². The van der Waals surface area contributed by atoms with Gasteiger partial charge in [0.15, 0.2) is 0 Å². The van der Waals surface area contributed by atoms with Gasteiger partial charge in [-0.15, -0.1) is 0 Å². The molecule has 22 heavy (non-hydrogen) atoms. The van der Waals surface area contributed by atoms with Crippen molar-refractivity contribution in [1.29, 1.82) is 0 Å². The number of hydrogen-bond donors (Lipinski definition) is 0. The zero-order valence-corrected chi connectivity index (χ0v) is 18.6. The van der Waals surface area contributed by atoms with E-state index in [4.69, 9.17) is 8.85 Å². The zero-order chi connectivity index (χ0) is 17.4. The van der Waals surface area contributed by atoms with Crippen LogP contribution in [0.2, 0.25) is 36.3 Å². The minimum atomic E-state index is -1.78. The van der Waals surface area contributed by atoms with Gasteiger partial charge in [-0.2, -0.15) is 0 Å². The Kier molecular flexibility index (Phi) is 5.72. The molecule has 0 fully saturated rings. The summed E-state index contributed by atoms with van der Waals surface area (Å²) >= 11 is 0. The van der Waals surface area contributed by atoms with Crippen molar-refractivity contribution in [2.75, 3.05) is 0 Å². The maximum atomic E-state index is 6.63. The van der Waals surface area contributed by atoms with Crippen LogP contribution in [0.25, 0.3) is 0 Å². The van der Waals surface area contributed by atoms with E-state index >= 15 is 0 Å². The molecule has 0 N–H and O–H groups in total. The van der Waals surface area contributed by atoms with Crippen molar-refractivity contribution in [3.05, 3.63) is 11.5 Å². The fourth-order valence-corrected chi connectivity index (χ4v) is 4.26. The van der Waals surface area contributed by atoms with Gasteiger partial charge < -0.3 is 8.85 Å². The highest BCUT2D eigenvalue weighted by Crippen LogP contribution is 2.43. The fraction of sp³-hybridized carbons (Fsp3) is 0.889. The molecule has 0 aromatic carbocycles. The predicted octanol–water partition coefficient (Wildman–Crippen LogP) is 6.82. The Balaban J connectivity index is 3.05. The average molecular weight is 343 g/mol. The maximum absolute atomic E-state index is 6.63. The first kappa shape index (κ1) is 19.8. The van der Waals surface area contributed by atoms with E-state index in [1.165, 1.54) is 24.4 Å². The van der Waals surface area contributed by atoms with Crippen molar-refractivity contribution in [2.45, 2.75) is 103 Å². The molecule has 0 atom stereocenters. The molecule has 0 spiro atoms. The van der Waals surface area contributed by atoms with Crippen LogP contribution in [0.4, 0.5) is 0 Å². The Morgan fingerprint density at radius 1 is 0.636 bits per heavy atom. The molecule has 0 aromatic heterocycles. The molecular formula is C18H38O2Si2. The first-order chi connectivity index (χ1) is 9.67. The molecule has 0 aromatic rings. The summed E-state index contributed by atoms with van der Waals surface area (Å²) in [6, 6.07) is 0. The Hall–Kier alpha value is -0.226. The highest BCUT2D eigenvalue weighted by Gasteiger charge is 2.42. The summed E-state index contributed by atoms with van der Waals surface area (Å²) in [5.74, 6) is 2.34. The van der Waals surface area contributed by atoms with Gasteiger partial charge >= 0.3 is 0 Å². The van der Waals surface area contributed by atoms with Crippen LogP contribution >= 0.6 is 0 Å². The third kappa shape index (κ3) is 4.64. The van der Waals surface area contributed by atoms with Crippen molar-refractivity contribution in [1.82, 2.24) is 0 Å². The Morgan fingerprint density at radius 2 is 0.909 bits per heavy atom. The zero-order valence-electron chi connectivity index (χ0n) is 16.6. The third-order valence-corrected chi connectivity index (χ3v) is 14.5. The number of hydrogen-bond acceptors (Lipinski definition) is 2. The van der Waals surface area contributed by atoms with Crippen LogP contribution in [0.3, 0.4) is 0 Å². The second kappa shape index (κ2) is 6.35. The molecule has 4 heteroatoms. The molecule has 0 saturated heterocycles. The largest absolute Gasteiger partial charge is 0.544 e. The van der Waals surface area contributed by atoms with Gasteiger partial charge in [-0.05, 0) is 49.1 Å². The highest BCUT2D eigenvalue weighted by atomic mass is 28.4. The monoisotopic (exact) mass is 342 g/mol. The molecule has 0 bridgehead atoms. The summed E-state index contributed by atoms with van der Waals surface area (Å²) in [5, 5.41) is 0.471. The van der Waals surface area contributed by atoms with Crippen LogP contribution < -0.4 is 0 Å². The number of allylic oxidation sites excluding steroid dienone is 2. The Morgan fingerprint density at radius 3 is 1.14 bits per heavy atom. The van der Waals surface area contributed by atoms with Gasteiger partial charge in [-0.25, -0.2) is 0 Å². The molecule has 130 valence electrons. The molecule has 2 nitrogen and oxygen atoms in total. The molecule has 0 unspecified atom stereocenters. The van der Waals surface area contributed by atoms with E-state index in [-0.39, 0.29) is 10.1 Å². The van der Waals surface area contributed by atoms with E-state index in [1.54, 1.807) is 0 Å². The summed E-state index contributed by atoms with van der Waals surface area (Å²) < 4.78 is 13.3. The van der Waals surface area contributed by atoms with Crippen LogP contribution in [0.5, 0.6) is 0 Å². The lowest BCUT2D eigenvalue weighted by Gasteiger charge is -2.41. The van der Waals surface area contributed by atoms with E-state index < -0.39 is 16.6 Å². The van der Waals surface area contributed by atoms with Crippen LogP contribution in [0, 0.1) is 0 Å². The Bertz CT molecular complexity index is 383. The van der Waals surface area contributed by atoms with Crippen LogP contribution in [0.15, 0.2) is 11.5 Å². The quantitative estimate of drug-likeness (QED) is 0.522. The van der Waals surface area contributed by atoms with Gasteiger partial charge in [0.2, 0.25) is 16.6 Å². The standard InChI is InChI=1S/C18H38O2Si2/c1-17(2,3)21(7,8)19-15-13-11-12-14-16(15)20-22(9,10)18(4,5)6/h11-14H2,1-10H3. The fourth-order valence-electron chi connectivity index (χ4n) is 1.99. The van der Waals surface area contributed by atoms with Crippen molar-refractivity contribution in [3.8, 4) is 0 Å². The van der Waals surface area contributed by atoms with E-state index in [1.807, 2.05) is 0 Å². The SMILES string of the molecule is CC(C)(C)[Si](C)(C)OC1=C(O[Si](C)(C)C(C)(C)C)CCCC1. The average Bonchev–Trinajstić information content (AvgIpc) is 2.28. The molecule has 1 aliphatic carbocycles. The van der Waals surface area contributed by atoms with Gasteiger partial charge in [-0.3, -0.25) is 0 Å². The van der Waals surface area contributed by atoms with E-state index in [0.717, 1.165) is 12.8 Å². The Labute approximate surface area is 140 Å². The van der Waals surface area contributed by atoms with Crippen LogP contribution in [0.1, 0.15) is 67.2 Å². The predicted molar refractivity (Wildman–Crippen MR) is 102 cm³/mol. The maximum Gasteiger partial charge on any atom is 0.250 e. The summed E-state index contributed by atoms with van der Waals surface area (Å²) in [6.45, 7) is 23.1. The minimum absolute atomic E-state index is 0.236.